The van der Waals surface area contributed by atoms with Gasteiger partial charge in [-0.3, -0.25) is 9.59 Å². The Kier molecular flexibility index (Phi) is 8.45. The number of rotatable bonds is 7. The molecule has 0 radical (unpaired) electrons. The van der Waals surface area contributed by atoms with Crippen LogP contribution in [0, 0.1) is 5.92 Å². The molecule has 0 aromatic carbocycles. The average Bonchev–Trinajstić information content (AvgIpc) is 2.65. The molecule has 0 aromatic heterocycles. The van der Waals surface area contributed by atoms with Gasteiger partial charge in [-0.15, -0.1) is 0 Å². The van der Waals surface area contributed by atoms with Crippen molar-refractivity contribution in [1.29, 1.82) is 0 Å². The third-order valence-electron chi connectivity index (χ3n) is 5.95. The zero-order valence-electron chi connectivity index (χ0n) is 17.8. The topological polar surface area (TPSA) is 174 Å². The number of amides is 4. The van der Waals surface area contributed by atoms with E-state index in [4.69, 9.17) is 5.73 Å². The second kappa shape index (κ2) is 10.4. The number of nitrogens with one attached hydrogen (secondary N) is 3. The summed E-state index contributed by atoms with van der Waals surface area (Å²) >= 11 is 0. The van der Waals surface area contributed by atoms with E-state index < -0.39 is 54.2 Å². The summed E-state index contributed by atoms with van der Waals surface area (Å²) in [5.41, 5.74) is 3.28. The molecule has 2 rings (SSSR count). The molecule has 8 N–H and O–H groups in total. The normalized spacial score (nSPS) is 31.1. The Hall–Kier alpha value is -1.91. The summed E-state index contributed by atoms with van der Waals surface area (Å²) in [6, 6.07) is -2.48. The zero-order valence-corrected chi connectivity index (χ0v) is 17.8. The Morgan fingerprint density at radius 1 is 1.07 bits per heavy atom. The van der Waals surface area contributed by atoms with Gasteiger partial charge in [0.05, 0.1) is 12.1 Å². The van der Waals surface area contributed by atoms with Crippen LogP contribution in [0.1, 0.15) is 65.2 Å². The molecule has 172 valence electrons. The van der Waals surface area contributed by atoms with E-state index >= 15 is 0 Å². The Bertz CT molecular complexity index is 624. The van der Waals surface area contributed by atoms with Crippen molar-refractivity contribution in [2.45, 2.75) is 101 Å². The summed E-state index contributed by atoms with van der Waals surface area (Å²) in [7, 11) is 0. The molecule has 5 atom stereocenters. The number of nitrogens with two attached hydrogens (primary N) is 1. The van der Waals surface area contributed by atoms with Crippen LogP contribution in [-0.2, 0) is 9.59 Å². The van der Waals surface area contributed by atoms with Crippen molar-refractivity contribution in [1.82, 2.24) is 16.0 Å². The third-order valence-corrected chi connectivity index (χ3v) is 5.95. The van der Waals surface area contributed by atoms with Crippen molar-refractivity contribution in [2.75, 3.05) is 0 Å². The predicted molar refractivity (Wildman–Crippen MR) is 109 cm³/mol. The average molecular weight is 429 g/mol. The number of carbonyl (C=O) groups excluding carboxylic acids is 3. The van der Waals surface area contributed by atoms with E-state index in [2.05, 4.69) is 16.0 Å². The van der Waals surface area contributed by atoms with Crippen LogP contribution in [0.5, 0.6) is 0 Å². The van der Waals surface area contributed by atoms with Crippen LogP contribution in [0.2, 0.25) is 0 Å². The molecular weight excluding hydrogens is 392 g/mol. The molecule has 2 saturated carbocycles. The maximum atomic E-state index is 12.7. The Labute approximate surface area is 177 Å². The summed E-state index contributed by atoms with van der Waals surface area (Å²) < 4.78 is 0. The molecule has 0 aliphatic heterocycles. The number of aliphatic hydroxyl groups excluding tert-OH is 2. The molecule has 2 aliphatic rings. The smallest absolute Gasteiger partial charge is 0.315 e. The van der Waals surface area contributed by atoms with Crippen molar-refractivity contribution in [3.8, 4) is 0 Å². The molecule has 0 spiro atoms. The third kappa shape index (κ3) is 6.55. The molecule has 10 heteroatoms. The molecule has 30 heavy (non-hydrogen) atoms. The maximum Gasteiger partial charge on any atom is 0.315 e. The van der Waals surface area contributed by atoms with Gasteiger partial charge in [-0.25, -0.2) is 4.79 Å². The van der Waals surface area contributed by atoms with E-state index in [1.54, 1.807) is 0 Å². The number of hydrogen-bond acceptors (Lipinski definition) is 6. The first-order valence-electron chi connectivity index (χ1n) is 10.8. The largest absolute Gasteiger partial charge is 0.390 e. The Balaban J connectivity index is 2.02. The fraction of sp³-hybridized carbons (Fsp3) is 0.850. The highest BCUT2D eigenvalue weighted by Gasteiger charge is 2.49. The summed E-state index contributed by atoms with van der Waals surface area (Å²) in [6.07, 6.45) is 1.77. The van der Waals surface area contributed by atoms with Gasteiger partial charge in [0.15, 0.2) is 0 Å². The second-order valence-corrected chi connectivity index (χ2v) is 9.11. The Morgan fingerprint density at radius 3 is 2.27 bits per heavy atom. The van der Waals surface area contributed by atoms with Gasteiger partial charge in [0.2, 0.25) is 5.91 Å². The highest BCUT2D eigenvalue weighted by Crippen LogP contribution is 2.30. The van der Waals surface area contributed by atoms with Gasteiger partial charge < -0.3 is 37.0 Å². The lowest BCUT2D eigenvalue weighted by Gasteiger charge is -2.42. The van der Waals surface area contributed by atoms with Crippen LogP contribution in [0.3, 0.4) is 0 Å². The van der Waals surface area contributed by atoms with E-state index in [1.807, 2.05) is 13.8 Å². The molecule has 0 heterocycles. The lowest BCUT2D eigenvalue weighted by atomic mass is 9.77. The Morgan fingerprint density at radius 2 is 1.70 bits per heavy atom. The summed E-state index contributed by atoms with van der Waals surface area (Å²) in [4.78, 5) is 36.7. The molecule has 0 unspecified atom stereocenters. The van der Waals surface area contributed by atoms with Crippen molar-refractivity contribution in [3.63, 3.8) is 0 Å². The van der Waals surface area contributed by atoms with Crippen molar-refractivity contribution < 1.29 is 29.7 Å². The number of urea groups is 1. The summed E-state index contributed by atoms with van der Waals surface area (Å²) in [5, 5.41) is 39.2. The number of carbonyl (C=O) groups is 3. The predicted octanol–water partition coefficient (Wildman–Crippen LogP) is -0.750. The van der Waals surface area contributed by atoms with Gasteiger partial charge in [0, 0.05) is 18.9 Å². The molecule has 4 amide bonds. The minimum Gasteiger partial charge on any atom is -0.390 e. The summed E-state index contributed by atoms with van der Waals surface area (Å²) in [6.45, 7) is 3.73. The minimum absolute atomic E-state index is 0.0407. The lowest BCUT2D eigenvalue weighted by Crippen LogP contribution is -2.65. The molecular formula is C20H36N4O6. The van der Waals surface area contributed by atoms with E-state index in [9.17, 15) is 29.7 Å². The second-order valence-electron chi connectivity index (χ2n) is 9.11. The van der Waals surface area contributed by atoms with Crippen molar-refractivity contribution in [2.24, 2.45) is 11.7 Å². The molecule has 0 bridgehead atoms. The first kappa shape index (κ1) is 24.4. The fourth-order valence-electron chi connectivity index (χ4n) is 4.28. The standard InChI is InChI=1S/C20H36N4O6/c1-11(2)8-13(17(21)27)23-18(28)20(30)9-14(16(26)15(25)10-20)24-19(29)22-12-6-4-3-5-7-12/h11-16,25-26,30H,3-10H2,1-2H3,(H2,21,27)(H,23,28)(H2,22,24,29)/t13-,14+,15-,16-,20+/m1/s1. The zero-order chi connectivity index (χ0) is 22.5. The molecule has 2 fully saturated rings. The van der Waals surface area contributed by atoms with Crippen LogP contribution in [0.15, 0.2) is 0 Å². The van der Waals surface area contributed by atoms with Crippen LogP contribution >= 0.6 is 0 Å². The monoisotopic (exact) mass is 428 g/mol. The number of primary amides is 1. The van der Waals surface area contributed by atoms with Crippen LogP contribution < -0.4 is 21.7 Å². The minimum atomic E-state index is -2.06. The SMILES string of the molecule is CC(C)C[C@@H](NC(=O)[C@@]1(O)C[C@@H](O)[C@H](O)[C@@H](NC(=O)NC2CCCCC2)C1)C(N)=O. The molecule has 0 saturated heterocycles. The van der Waals surface area contributed by atoms with E-state index in [1.165, 1.54) is 0 Å². The van der Waals surface area contributed by atoms with Crippen molar-refractivity contribution >= 4 is 17.8 Å². The first-order chi connectivity index (χ1) is 14.0. The van der Waals surface area contributed by atoms with E-state index in [-0.39, 0.29) is 18.4 Å². The highest BCUT2D eigenvalue weighted by atomic mass is 16.3. The fourth-order valence-corrected chi connectivity index (χ4v) is 4.28. The molecule has 0 aromatic rings. The number of aliphatic hydroxyl groups is 3. The van der Waals surface area contributed by atoms with Gasteiger partial charge in [-0.2, -0.15) is 0 Å². The van der Waals surface area contributed by atoms with Gasteiger partial charge in [0.25, 0.3) is 5.91 Å². The quantitative estimate of drug-likeness (QED) is 0.281. The molecule has 10 nitrogen and oxygen atoms in total. The van der Waals surface area contributed by atoms with Crippen LogP contribution in [0.25, 0.3) is 0 Å². The molecule has 2 aliphatic carbocycles. The van der Waals surface area contributed by atoms with Gasteiger partial charge in [-0.1, -0.05) is 33.1 Å². The van der Waals surface area contributed by atoms with Gasteiger partial charge in [0.1, 0.15) is 17.7 Å². The first-order valence-corrected chi connectivity index (χ1v) is 10.8. The summed E-state index contributed by atoms with van der Waals surface area (Å²) in [5.74, 6) is -1.51. The van der Waals surface area contributed by atoms with E-state index in [0.29, 0.717) is 6.42 Å². The number of hydrogen-bond donors (Lipinski definition) is 7. The van der Waals surface area contributed by atoms with Crippen LogP contribution in [0.4, 0.5) is 4.79 Å². The van der Waals surface area contributed by atoms with Crippen molar-refractivity contribution in [3.05, 3.63) is 0 Å². The highest BCUT2D eigenvalue weighted by molar-refractivity contribution is 5.91. The lowest BCUT2D eigenvalue weighted by molar-refractivity contribution is -0.159. The van der Waals surface area contributed by atoms with Gasteiger partial charge >= 0.3 is 6.03 Å². The maximum absolute atomic E-state index is 12.7. The van der Waals surface area contributed by atoms with Crippen LogP contribution in [-0.4, -0.2) is 69.1 Å². The van der Waals surface area contributed by atoms with Gasteiger partial charge in [-0.05, 0) is 25.2 Å². The van der Waals surface area contributed by atoms with E-state index in [0.717, 1.165) is 32.1 Å².